The van der Waals surface area contributed by atoms with Crippen LogP contribution in [-0.2, 0) is 14.8 Å². The van der Waals surface area contributed by atoms with E-state index in [1.54, 1.807) is 0 Å². The van der Waals surface area contributed by atoms with E-state index < -0.39 is 15.8 Å². The molecule has 0 aliphatic rings. The van der Waals surface area contributed by atoms with E-state index in [9.17, 15) is 17.6 Å². The van der Waals surface area contributed by atoms with Crippen LogP contribution in [-0.4, -0.2) is 45.3 Å². The zero-order valence-corrected chi connectivity index (χ0v) is 16.7. The Labute approximate surface area is 165 Å². The van der Waals surface area contributed by atoms with Gasteiger partial charge in [0.1, 0.15) is 5.82 Å². The van der Waals surface area contributed by atoms with Crippen molar-refractivity contribution in [3.8, 4) is 0 Å². The van der Waals surface area contributed by atoms with Crippen LogP contribution in [0.15, 0.2) is 59.5 Å². The van der Waals surface area contributed by atoms with E-state index in [1.807, 2.05) is 30.3 Å². The van der Waals surface area contributed by atoms with Crippen LogP contribution in [0, 0.1) is 5.82 Å². The maximum Gasteiger partial charge on any atom is 0.242 e. The van der Waals surface area contributed by atoms with Gasteiger partial charge in [0.2, 0.25) is 15.9 Å². The van der Waals surface area contributed by atoms with Crippen LogP contribution in [0.25, 0.3) is 0 Å². The molecule has 8 heteroatoms. The van der Waals surface area contributed by atoms with Crippen LogP contribution in [0.1, 0.15) is 19.3 Å². The van der Waals surface area contributed by atoms with Gasteiger partial charge in [0.05, 0.1) is 4.90 Å². The van der Waals surface area contributed by atoms with Crippen LogP contribution < -0.4 is 10.6 Å². The number of hydrogen-bond acceptors (Lipinski definition) is 4. The highest BCUT2D eigenvalue weighted by Crippen LogP contribution is 2.15. The molecule has 0 spiro atoms. The van der Waals surface area contributed by atoms with Crippen LogP contribution in [0.3, 0.4) is 0 Å². The summed E-state index contributed by atoms with van der Waals surface area (Å²) in [6, 6.07) is 14.5. The minimum absolute atomic E-state index is 0.0340. The van der Waals surface area contributed by atoms with Gasteiger partial charge in [-0.25, -0.2) is 17.1 Å². The Morgan fingerprint density at radius 1 is 1.00 bits per heavy atom. The first-order valence-corrected chi connectivity index (χ1v) is 10.6. The van der Waals surface area contributed by atoms with Crippen molar-refractivity contribution in [2.24, 2.45) is 0 Å². The predicted octanol–water partition coefficient (Wildman–Crippen LogP) is 2.84. The lowest BCUT2D eigenvalue weighted by atomic mass is 10.3. The van der Waals surface area contributed by atoms with Crippen molar-refractivity contribution >= 4 is 21.6 Å². The SMILES string of the molecule is CN(CCCC(=O)NCCCNc1ccccc1)S(=O)(=O)c1ccc(F)cc1. The van der Waals surface area contributed by atoms with E-state index in [4.69, 9.17) is 0 Å². The second kappa shape index (κ2) is 10.8. The molecule has 0 bridgehead atoms. The maximum absolute atomic E-state index is 12.9. The smallest absolute Gasteiger partial charge is 0.242 e. The highest BCUT2D eigenvalue weighted by molar-refractivity contribution is 7.89. The average molecular weight is 408 g/mol. The van der Waals surface area contributed by atoms with E-state index in [2.05, 4.69) is 10.6 Å². The Kier molecular flexibility index (Phi) is 8.41. The fourth-order valence-corrected chi connectivity index (χ4v) is 3.77. The third kappa shape index (κ3) is 6.94. The molecule has 0 saturated carbocycles. The van der Waals surface area contributed by atoms with Gasteiger partial charge in [-0.05, 0) is 49.2 Å². The molecule has 0 fully saturated rings. The summed E-state index contributed by atoms with van der Waals surface area (Å²) >= 11 is 0. The van der Waals surface area contributed by atoms with Gasteiger partial charge in [0, 0.05) is 38.8 Å². The first kappa shape index (κ1) is 21.8. The van der Waals surface area contributed by atoms with E-state index in [-0.39, 0.29) is 23.8 Å². The van der Waals surface area contributed by atoms with Crippen molar-refractivity contribution in [2.45, 2.75) is 24.2 Å². The minimum Gasteiger partial charge on any atom is -0.385 e. The molecule has 1 amide bonds. The van der Waals surface area contributed by atoms with Gasteiger partial charge in [-0.2, -0.15) is 0 Å². The second-order valence-electron chi connectivity index (χ2n) is 6.38. The predicted molar refractivity (Wildman–Crippen MR) is 108 cm³/mol. The largest absolute Gasteiger partial charge is 0.385 e. The molecule has 0 saturated heterocycles. The summed E-state index contributed by atoms with van der Waals surface area (Å²) in [5.74, 6) is -0.593. The van der Waals surface area contributed by atoms with E-state index in [0.29, 0.717) is 13.0 Å². The van der Waals surface area contributed by atoms with Crippen molar-refractivity contribution in [3.63, 3.8) is 0 Å². The number of nitrogens with zero attached hydrogens (tertiary/aromatic N) is 1. The molecule has 2 aromatic rings. The molecule has 6 nitrogen and oxygen atoms in total. The second-order valence-corrected chi connectivity index (χ2v) is 8.43. The molecule has 2 aromatic carbocycles. The van der Waals surface area contributed by atoms with Crippen LogP contribution in [0.5, 0.6) is 0 Å². The number of rotatable bonds is 11. The summed E-state index contributed by atoms with van der Waals surface area (Å²) in [6.45, 7) is 1.52. The van der Waals surface area contributed by atoms with Gasteiger partial charge < -0.3 is 10.6 Å². The fraction of sp³-hybridized carbons (Fsp3) is 0.350. The Balaban J connectivity index is 1.62. The highest BCUT2D eigenvalue weighted by Gasteiger charge is 2.20. The zero-order chi connectivity index (χ0) is 20.4. The van der Waals surface area contributed by atoms with E-state index >= 15 is 0 Å². The van der Waals surface area contributed by atoms with Gasteiger partial charge in [-0.1, -0.05) is 18.2 Å². The molecular weight excluding hydrogens is 381 g/mol. The molecule has 0 radical (unpaired) electrons. The number of carbonyl (C=O) groups is 1. The minimum atomic E-state index is -3.68. The summed E-state index contributed by atoms with van der Waals surface area (Å²) in [7, 11) is -2.23. The number of sulfonamides is 1. The number of halogens is 1. The van der Waals surface area contributed by atoms with Crippen molar-refractivity contribution < 1.29 is 17.6 Å². The molecule has 2 rings (SSSR count). The van der Waals surface area contributed by atoms with Gasteiger partial charge in [0.15, 0.2) is 0 Å². The van der Waals surface area contributed by atoms with E-state index in [1.165, 1.54) is 23.5 Å². The molecular formula is C20H26FN3O3S. The van der Waals surface area contributed by atoms with Gasteiger partial charge in [0.25, 0.3) is 0 Å². The first-order valence-electron chi connectivity index (χ1n) is 9.17. The Morgan fingerprint density at radius 2 is 1.68 bits per heavy atom. The Morgan fingerprint density at radius 3 is 2.36 bits per heavy atom. The number of para-hydroxylation sites is 1. The summed E-state index contributed by atoms with van der Waals surface area (Å²) in [5.41, 5.74) is 1.04. The first-order chi connectivity index (χ1) is 13.4. The third-order valence-corrected chi connectivity index (χ3v) is 6.05. The molecule has 0 unspecified atom stereocenters. The van der Waals surface area contributed by atoms with Gasteiger partial charge in [-0.15, -0.1) is 0 Å². The number of anilines is 1. The zero-order valence-electron chi connectivity index (χ0n) is 15.9. The maximum atomic E-state index is 12.9. The summed E-state index contributed by atoms with van der Waals surface area (Å²) in [4.78, 5) is 11.9. The van der Waals surface area contributed by atoms with Crippen LogP contribution in [0.2, 0.25) is 0 Å². The molecule has 2 N–H and O–H groups in total. The van der Waals surface area contributed by atoms with Crippen LogP contribution in [0.4, 0.5) is 10.1 Å². The average Bonchev–Trinajstić information content (AvgIpc) is 2.68. The van der Waals surface area contributed by atoms with Crippen molar-refractivity contribution in [2.75, 3.05) is 32.0 Å². The highest BCUT2D eigenvalue weighted by atomic mass is 32.2. The summed E-state index contributed by atoms with van der Waals surface area (Å²) < 4.78 is 38.9. The van der Waals surface area contributed by atoms with Crippen molar-refractivity contribution in [1.82, 2.24) is 9.62 Å². The topological polar surface area (TPSA) is 78.5 Å². The molecule has 28 heavy (non-hydrogen) atoms. The molecule has 0 atom stereocenters. The Bertz CT molecular complexity index is 843. The number of hydrogen-bond donors (Lipinski definition) is 2. The van der Waals surface area contributed by atoms with Crippen molar-refractivity contribution in [3.05, 3.63) is 60.4 Å². The third-order valence-electron chi connectivity index (χ3n) is 4.18. The molecule has 0 heterocycles. The standard InChI is InChI=1S/C20H26FN3O3S/c1-24(28(26,27)19-12-10-17(21)11-13-19)16-5-9-20(25)23-15-6-14-22-18-7-3-2-4-8-18/h2-4,7-8,10-13,22H,5-6,9,14-16H2,1H3,(H,23,25). The molecule has 0 aliphatic carbocycles. The monoisotopic (exact) mass is 407 g/mol. The normalized spacial score (nSPS) is 11.4. The van der Waals surface area contributed by atoms with E-state index in [0.717, 1.165) is 30.8 Å². The lowest BCUT2D eigenvalue weighted by Gasteiger charge is -2.17. The van der Waals surface area contributed by atoms with Gasteiger partial charge in [-0.3, -0.25) is 4.79 Å². The quantitative estimate of drug-likeness (QED) is 0.562. The molecule has 0 aliphatic heterocycles. The fourth-order valence-electron chi connectivity index (χ4n) is 2.56. The lowest BCUT2D eigenvalue weighted by molar-refractivity contribution is -0.121. The van der Waals surface area contributed by atoms with Gasteiger partial charge >= 0.3 is 0 Å². The number of amides is 1. The van der Waals surface area contributed by atoms with Crippen molar-refractivity contribution in [1.29, 1.82) is 0 Å². The number of nitrogens with one attached hydrogen (secondary N) is 2. The number of carbonyl (C=O) groups excluding carboxylic acids is 1. The number of benzene rings is 2. The van der Waals surface area contributed by atoms with Crippen LogP contribution >= 0.6 is 0 Å². The Hall–Kier alpha value is -2.45. The molecule has 152 valence electrons. The lowest BCUT2D eigenvalue weighted by Crippen LogP contribution is -2.30. The molecule has 0 aromatic heterocycles. The summed E-state index contributed by atoms with van der Waals surface area (Å²) in [6.07, 6.45) is 1.44. The summed E-state index contributed by atoms with van der Waals surface area (Å²) in [5, 5.41) is 6.09.